The van der Waals surface area contributed by atoms with Crippen LogP contribution in [0, 0.1) is 5.92 Å². The minimum absolute atomic E-state index is 0.0744. The second-order valence-electron chi connectivity index (χ2n) is 4.64. The van der Waals surface area contributed by atoms with Gasteiger partial charge in [0.25, 0.3) is 11.8 Å². The van der Waals surface area contributed by atoms with E-state index in [9.17, 15) is 19.2 Å². The van der Waals surface area contributed by atoms with Gasteiger partial charge in [0.1, 0.15) is 5.78 Å². The van der Waals surface area contributed by atoms with Crippen molar-refractivity contribution < 1.29 is 24.3 Å². The fourth-order valence-corrected chi connectivity index (χ4v) is 1.98. The summed E-state index contributed by atoms with van der Waals surface area (Å²) in [5.74, 6) is -2.76. The lowest BCUT2D eigenvalue weighted by Gasteiger charge is -2.14. The normalized spacial score (nSPS) is 15.8. The summed E-state index contributed by atoms with van der Waals surface area (Å²) >= 11 is 0. The van der Waals surface area contributed by atoms with Gasteiger partial charge in [-0.2, -0.15) is 0 Å². The molecule has 0 bridgehead atoms. The summed E-state index contributed by atoms with van der Waals surface area (Å²) in [4.78, 5) is 45.8. The zero-order valence-corrected chi connectivity index (χ0v) is 11.1. The third-order valence-corrected chi connectivity index (χ3v) is 3.14. The highest BCUT2D eigenvalue weighted by molar-refractivity contribution is 6.12. The summed E-state index contributed by atoms with van der Waals surface area (Å²) < 4.78 is 0. The van der Waals surface area contributed by atoms with E-state index in [-0.39, 0.29) is 37.1 Å². The number of carbonyl (C=O) groups is 4. The van der Waals surface area contributed by atoms with Gasteiger partial charge >= 0.3 is 5.97 Å². The Morgan fingerprint density at radius 2 is 1.80 bits per heavy atom. The summed E-state index contributed by atoms with van der Waals surface area (Å²) in [5.41, 5.74) is 5.16. The molecular formula is C13H18N2O5. The molecule has 0 fully saturated rings. The van der Waals surface area contributed by atoms with Gasteiger partial charge in [0.2, 0.25) is 0 Å². The van der Waals surface area contributed by atoms with E-state index < -0.39 is 11.9 Å². The van der Waals surface area contributed by atoms with Crippen LogP contribution in [0.15, 0.2) is 12.2 Å². The number of carboxylic acid groups (broad SMARTS) is 1. The fraction of sp³-hybridized carbons (Fsp3) is 0.538. The number of ketones is 1. The number of aliphatic carboxylic acids is 1. The molecular weight excluding hydrogens is 264 g/mol. The second kappa shape index (κ2) is 7.54. The van der Waals surface area contributed by atoms with Crippen LogP contribution >= 0.6 is 0 Å². The zero-order valence-electron chi connectivity index (χ0n) is 11.1. The summed E-state index contributed by atoms with van der Waals surface area (Å²) in [6.45, 7) is 0.105. The average molecular weight is 282 g/mol. The lowest BCUT2D eigenvalue weighted by atomic mass is 9.96. The molecule has 2 amide bonds. The monoisotopic (exact) mass is 282 g/mol. The van der Waals surface area contributed by atoms with Crippen LogP contribution < -0.4 is 5.73 Å². The topological polar surface area (TPSA) is 118 Å². The Kier molecular flexibility index (Phi) is 6.05. The van der Waals surface area contributed by atoms with E-state index in [4.69, 9.17) is 10.8 Å². The minimum Gasteiger partial charge on any atom is -0.481 e. The Morgan fingerprint density at radius 3 is 2.30 bits per heavy atom. The van der Waals surface area contributed by atoms with Gasteiger partial charge in [0.05, 0.1) is 12.5 Å². The number of unbranched alkanes of at least 4 members (excludes halogenated alkanes) is 1. The molecule has 0 saturated heterocycles. The molecule has 0 unspecified atom stereocenters. The summed E-state index contributed by atoms with van der Waals surface area (Å²) in [6, 6.07) is 0. The lowest BCUT2D eigenvalue weighted by molar-refractivity contribution is -0.144. The molecule has 1 aliphatic rings. The lowest BCUT2D eigenvalue weighted by Crippen LogP contribution is -2.31. The van der Waals surface area contributed by atoms with Gasteiger partial charge in [0, 0.05) is 25.1 Å². The molecule has 7 nitrogen and oxygen atoms in total. The third-order valence-electron chi connectivity index (χ3n) is 3.14. The first kappa shape index (κ1) is 16.0. The molecule has 3 N–H and O–H groups in total. The summed E-state index contributed by atoms with van der Waals surface area (Å²) in [6.07, 6.45) is 3.70. The van der Waals surface area contributed by atoms with Crippen LogP contribution in [0.25, 0.3) is 0 Å². The smallest absolute Gasteiger partial charge is 0.306 e. The predicted octanol–water partition coefficient (Wildman–Crippen LogP) is -0.300. The van der Waals surface area contributed by atoms with Crippen LogP contribution in [0.5, 0.6) is 0 Å². The van der Waals surface area contributed by atoms with Gasteiger partial charge in [-0.15, -0.1) is 0 Å². The Morgan fingerprint density at radius 1 is 1.20 bits per heavy atom. The van der Waals surface area contributed by atoms with Gasteiger partial charge in [-0.1, -0.05) is 6.42 Å². The van der Waals surface area contributed by atoms with Crippen LogP contribution in [0.4, 0.5) is 0 Å². The molecule has 1 rings (SSSR count). The second-order valence-corrected chi connectivity index (χ2v) is 4.64. The van der Waals surface area contributed by atoms with Crippen molar-refractivity contribution in [1.29, 1.82) is 0 Å². The number of rotatable bonds is 9. The van der Waals surface area contributed by atoms with Crippen molar-refractivity contribution in [3.8, 4) is 0 Å². The molecule has 0 aromatic heterocycles. The number of nitrogens with two attached hydrogens (primary N) is 1. The van der Waals surface area contributed by atoms with Crippen molar-refractivity contribution in [2.24, 2.45) is 11.7 Å². The number of imide groups is 1. The van der Waals surface area contributed by atoms with E-state index in [1.807, 2.05) is 0 Å². The van der Waals surface area contributed by atoms with Gasteiger partial charge in [-0.3, -0.25) is 24.1 Å². The van der Waals surface area contributed by atoms with Crippen molar-refractivity contribution in [2.75, 3.05) is 13.1 Å². The minimum atomic E-state index is -1.03. The molecule has 1 heterocycles. The Hall–Kier alpha value is -2.02. The number of amides is 2. The molecule has 0 saturated carbocycles. The number of nitrogens with zero attached hydrogens (tertiary/aromatic N) is 1. The maximum absolute atomic E-state index is 11.3. The molecule has 0 radical (unpaired) electrons. The van der Waals surface area contributed by atoms with Crippen molar-refractivity contribution in [3.05, 3.63) is 12.2 Å². The van der Waals surface area contributed by atoms with E-state index in [1.165, 1.54) is 12.2 Å². The highest BCUT2D eigenvalue weighted by Crippen LogP contribution is 2.15. The maximum Gasteiger partial charge on any atom is 0.306 e. The number of Topliss-reactive ketones (excluding diaryl/α,β-unsaturated/α-hetero) is 1. The molecule has 0 spiro atoms. The molecule has 1 atom stereocenters. The summed E-state index contributed by atoms with van der Waals surface area (Å²) in [5, 5.41) is 8.99. The van der Waals surface area contributed by atoms with Crippen molar-refractivity contribution >= 4 is 23.6 Å². The Bertz CT molecular complexity index is 426. The largest absolute Gasteiger partial charge is 0.481 e. The average Bonchev–Trinajstić information content (AvgIpc) is 2.72. The van der Waals surface area contributed by atoms with E-state index in [0.29, 0.717) is 19.3 Å². The number of carboxylic acids is 1. The van der Waals surface area contributed by atoms with E-state index in [2.05, 4.69) is 0 Å². The van der Waals surface area contributed by atoms with Gasteiger partial charge in [0.15, 0.2) is 0 Å². The SMILES string of the molecule is NCC(=O)C[C@@H](CCCCN1C(=O)C=CC1=O)C(=O)O. The highest BCUT2D eigenvalue weighted by atomic mass is 16.4. The molecule has 20 heavy (non-hydrogen) atoms. The number of hydrogen-bond acceptors (Lipinski definition) is 5. The first-order chi connectivity index (χ1) is 9.45. The van der Waals surface area contributed by atoms with Crippen LogP contribution in [0.3, 0.4) is 0 Å². The quantitative estimate of drug-likeness (QED) is 0.443. The van der Waals surface area contributed by atoms with Crippen LogP contribution in [0.2, 0.25) is 0 Å². The van der Waals surface area contributed by atoms with Crippen LogP contribution in [-0.4, -0.2) is 46.7 Å². The van der Waals surface area contributed by atoms with Crippen molar-refractivity contribution in [3.63, 3.8) is 0 Å². The first-order valence-corrected chi connectivity index (χ1v) is 6.43. The number of carbonyl (C=O) groups excluding carboxylic acids is 3. The maximum atomic E-state index is 11.3. The molecule has 110 valence electrons. The van der Waals surface area contributed by atoms with E-state index in [1.54, 1.807) is 0 Å². The Labute approximate surface area is 116 Å². The number of hydrogen-bond donors (Lipinski definition) is 2. The van der Waals surface area contributed by atoms with Gasteiger partial charge in [-0.25, -0.2) is 0 Å². The van der Waals surface area contributed by atoms with Crippen molar-refractivity contribution in [2.45, 2.75) is 25.7 Å². The molecule has 7 heteroatoms. The van der Waals surface area contributed by atoms with Crippen LogP contribution in [-0.2, 0) is 19.2 Å². The molecule has 0 aliphatic carbocycles. The summed E-state index contributed by atoms with van der Waals surface area (Å²) in [7, 11) is 0. The third kappa shape index (κ3) is 4.58. The van der Waals surface area contributed by atoms with E-state index >= 15 is 0 Å². The highest BCUT2D eigenvalue weighted by Gasteiger charge is 2.23. The molecule has 0 aromatic carbocycles. The van der Waals surface area contributed by atoms with Crippen LogP contribution in [0.1, 0.15) is 25.7 Å². The molecule has 0 aromatic rings. The van der Waals surface area contributed by atoms with Gasteiger partial charge < -0.3 is 10.8 Å². The fourth-order valence-electron chi connectivity index (χ4n) is 1.98. The Balaban J connectivity index is 2.31. The van der Waals surface area contributed by atoms with Crippen molar-refractivity contribution in [1.82, 2.24) is 4.90 Å². The predicted molar refractivity (Wildman–Crippen MR) is 69.5 cm³/mol. The van der Waals surface area contributed by atoms with Gasteiger partial charge in [-0.05, 0) is 12.8 Å². The standard InChI is InChI=1S/C13H18N2O5/c14-8-10(16)7-9(13(19)20)3-1-2-6-15-11(17)4-5-12(15)18/h4-5,9H,1-3,6-8,14H2,(H,19,20)/t9-/m1/s1. The zero-order chi connectivity index (χ0) is 15.1. The molecule has 1 aliphatic heterocycles. The van der Waals surface area contributed by atoms with E-state index in [0.717, 1.165) is 4.90 Å². The first-order valence-electron chi connectivity index (χ1n) is 6.43.